The molecule has 0 bridgehead atoms. The van der Waals surface area contributed by atoms with Gasteiger partial charge >= 0.3 is 0 Å². The maximum absolute atomic E-state index is 2.72. The lowest BCUT2D eigenvalue weighted by Gasteiger charge is -2.41. The smallest absolute Gasteiger partial charge is 0.253 e. The molecule has 0 unspecified atom stereocenters. The molecule has 2 nitrogen and oxygen atoms in total. The highest BCUT2D eigenvalue weighted by Gasteiger charge is 2.48. The highest BCUT2D eigenvalue weighted by molar-refractivity contribution is 7.03. The number of nitrogens with zero attached hydrogens (tertiary/aromatic N) is 2. The van der Waals surface area contributed by atoms with Crippen LogP contribution in [0.3, 0.4) is 0 Å². The summed E-state index contributed by atoms with van der Waals surface area (Å²) < 4.78 is 5.43. The normalized spacial score (nSPS) is 14.0. The Morgan fingerprint density at radius 3 is 1.86 bits per heavy atom. The van der Waals surface area contributed by atoms with Gasteiger partial charge in [0, 0.05) is 38.6 Å². The van der Waals surface area contributed by atoms with Crippen molar-refractivity contribution in [1.82, 2.24) is 9.13 Å². The lowest BCUT2D eigenvalue weighted by molar-refractivity contribution is 0.591. The maximum atomic E-state index is 2.72. The van der Waals surface area contributed by atoms with E-state index in [0.717, 1.165) is 0 Å². The van der Waals surface area contributed by atoms with E-state index in [0.29, 0.717) is 0 Å². The van der Waals surface area contributed by atoms with Gasteiger partial charge in [-0.25, -0.2) is 0 Å². The van der Waals surface area contributed by atoms with E-state index in [1.165, 1.54) is 121 Å². The largest absolute Gasteiger partial charge is 0.310 e. The summed E-state index contributed by atoms with van der Waals surface area (Å²) in [6.07, 6.45) is 0. The third kappa shape index (κ3) is 4.22. The summed E-state index contributed by atoms with van der Waals surface area (Å²) >= 11 is 0. The first-order chi connectivity index (χ1) is 27.2. The van der Waals surface area contributed by atoms with Crippen LogP contribution in [0.2, 0.25) is 19.6 Å². The van der Waals surface area contributed by atoms with Gasteiger partial charge in [0.2, 0.25) is 0 Å². The zero-order chi connectivity index (χ0) is 39.1. The molecule has 4 heteroatoms. The molecule has 0 N–H and O–H groups in total. The van der Waals surface area contributed by atoms with Crippen LogP contribution >= 0.6 is 0 Å². The zero-order valence-corrected chi connectivity index (χ0v) is 35.5. The van der Waals surface area contributed by atoms with Crippen LogP contribution in [0.15, 0.2) is 121 Å². The first-order valence-corrected chi connectivity index (χ1v) is 24.3. The van der Waals surface area contributed by atoms with Gasteiger partial charge in [-0.3, -0.25) is 0 Å². The molecule has 7 aromatic carbocycles. The van der Waals surface area contributed by atoms with Crippen molar-refractivity contribution < 1.29 is 0 Å². The molecule has 0 aliphatic carbocycles. The molecule has 0 spiro atoms. The number of fused-ring (bicyclic) bond motifs is 6. The Hall–Kier alpha value is -5.58. The third-order valence-electron chi connectivity index (χ3n) is 13.6. The van der Waals surface area contributed by atoms with E-state index >= 15 is 0 Å². The summed E-state index contributed by atoms with van der Waals surface area (Å²) in [5, 5.41) is 8.36. The van der Waals surface area contributed by atoms with Gasteiger partial charge < -0.3 is 9.13 Å². The second-order valence-electron chi connectivity index (χ2n) is 20.2. The van der Waals surface area contributed by atoms with E-state index in [9.17, 15) is 0 Å². The topological polar surface area (TPSA) is 9.86 Å². The minimum absolute atomic E-state index is 0.0411. The van der Waals surface area contributed by atoms with Crippen LogP contribution in [0.1, 0.15) is 52.7 Å². The van der Waals surface area contributed by atoms with Gasteiger partial charge in [0.25, 0.3) is 6.71 Å². The van der Waals surface area contributed by atoms with E-state index in [1.807, 2.05) is 0 Å². The minimum atomic E-state index is -1.82. The first-order valence-electron chi connectivity index (χ1n) is 20.8. The monoisotopic (exact) mass is 750 g/mol. The van der Waals surface area contributed by atoms with Crippen molar-refractivity contribution in [2.75, 3.05) is 0 Å². The van der Waals surface area contributed by atoms with Crippen LogP contribution in [-0.2, 0) is 10.8 Å². The SMILES string of the molecule is CC(C)(C)c1ccc2c(c1)c1cc(C(C)(C)C)c3c4c1n2-c1cc([Si](C)(C)C)cc2c1B4c1c4c-3cccc4cc3c(-c4ccccc4)c(-c4ccccc4)n-2c13. The Balaban J connectivity index is 1.40. The highest BCUT2D eigenvalue weighted by atomic mass is 28.3. The van der Waals surface area contributed by atoms with Crippen LogP contribution in [0.25, 0.3) is 88.4 Å². The van der Waals surface area contributed by atoms with E-state index in [-0.39, 0.29) is 17.5 Å². The molecule has 0 atom stereocenters. The molecule has 0 saturated carbocycles. The van der Waals surface area contributed by atoms with Gasteiger partial charge in [-0.1, -0.05) is 151 Å². The highest BCUT2D eigenvalue weighted by Crippen LogP contribution is 2.50. The van der Waals surface area contributed by atoms with Gasteiger partial charge in [-0.2, -0.15) is 0 Å². The van der Waals surface area contributed by atoms with Gasteiger partial charge in [0.15, 0.2) is 0 Å². The van der Waals surface area contributed by atoms with Crippen molar-refractivity contribution in [2.24, 2.45) is 0 Å². The molecule has 0 saturated heterocycles. The summed E-state index contributed by atoms with van der Waals surface area (Å²) in [5.41, 5.74) is 22.0. The first kappa shape index (κ1) is 33.6. The molecule has 3 aliphatic heterocycles. The summed E-state index contributed by atoms with van der Waals surface area (Å²) in [4.78, 5) is 0. The zero-order valence-electron chi connectivity index (χ0n) is 34.5. The van der Waals surface area contributed by atoms with Gasteiger partial charge in [-0.15, -0.1) is 0 Å². The Morgan fingerprint density at radius 1 is 0.526 bits per heavy atom. The van der Waals surface area contributed by atoms with Crippen molar-refractivity contribution in [1.29, 1.82) is 0 Å². The lowest BCUT2D eigenvalue weighted by Crippen LogP contribution is -2.62. The molecule has 5 heterocycles. The quantitative estimate of drug-likeness (QED) is 0.159. The fourth-order valence-corrected chi connectivity index (χ4v) is 12.1. The molecule has 3 aliphatic rings. The maximum Gasteiger partial charge on any atom is 0.253 e. The predicted molar refractivity (Wildman–Crippen MR) is 250 cm³/mol. The Labute approximate surface area is 336 Å². The van der Waals surface area contributed by atoms with Crippen molar-refractivity contribution in [2.45, 2.75) is 72.0 Å². The number of hydrogen-bond acceptors (Lipinski definition) is 0. The van der Waals surface area contributed by atoms with E-state index in [4.69, 9.17) is 0 Å². The molecule has 57 heavy (non-hydrogen) atoms. The fourth-order valence-electron chi connectivity index (χ4n) is 11.0. The summed E-state index contributed by atoms with van der Waals surface area (Å²) in [5.74, 6) is 0. The molecule has 0 amide bonds. The minimum Gasteiger partial charge on any atom is -0.310 e. The van der Waals surface area contributed by atoms with Crippen molar-refractivity contribution in [3.05, 3.63) is 132 Å². The standard InChI is InChI=1S/C53H47BN2Si/c1-52(2,3)33-23-24-40-36(26-33)37-29-39(53(4,5)6)45-35-22-16-21-32-25-38-44(30-17-12-10-13-18-30)49(31-19-14-11-15-20-31)56-42-28-34(57(7,8)9)27-41-46(42)54(47(43(32)35)51(38)56)48(45)50(37)55(40)41/h10-29H,1-9H3. The lowest BCUT2D eigenvalue weighted by atomic mass is 9.31. The molecule has 276 valence electrons. The van der Waals surface area contributed by atoms with Crippen LogP contribution in [-0.4, -0.2) is 23.9 Å². The summed E-state index contributed by atoms with van der Waals surface area (Å²) in [7, 11) is -1.82. The Kier molecular flexibility index (Phi) is 6.28. The van der Waals surface area contributed by atoms with Crippen LogP contribution in [0.4, 0.5) is 0 Å². The summed E-state index contributed by atoms with van der Waals surface area (Å²) in [6.45, 7) is 22.0. The molecule has 9 aromatic rings. The molecule has 2 aromatic heterocycles. The second-order valence-corrected chi connectivity index (χ2v) is 25.2. The number of aromatic nitrogens is 2. The van der Waals surface area contributed by atoms with Crippen LogP contribution in [0, 0.1) is 0 Å². The van der Waals surface area contributed by atoms with Crippen molar-refractivity contribution in [3.8, 4) is 44.9 Å². The van der Waals surface area contributed by atoms with E-state index < -0.39 is 8.07 Å². The summed E-state index contributed by atoms with van der Waals surface area (Å²) in [6, 6.07) is 47.2. The van der Waals surface area contributed by atoms with Crippen LogP contribution < -0.4 is 21.6 Å². The van der Waals surface area contributed by atoms with E-state index in [2.05, 4.69) is 192 Å². The Bertz CT molecular complexity index is 3270. The number of hydrogen-bond donors (Lipinski definition) is 0. The van der Waals surface area contributed by atoms with E-state index in [1.54, 1.807) is 0 Å². The number of benzene rings is 7. The Morgan fingerprint density at radius 2 is 1.19 bits per heavy atom. The molecular weight excluding hydrogens is 703 g/mol. The van der Waals surface area contributed by atoms with Gasteiger partial charge in [0.1, 0.15) is 0 Å². The van der Waals surface area contributed by atoms with Gasteiger partial charge in [0.05, 0.1) is 24.8 Å². The molecule has 0 radical (unpaired) electrons. The number of rotatable bonds is 3. The van der Waals surface area contributed by atoms with Crippen LogP contribution in [0.5, 0.6) is 0 Å². The molecule has 12 rings (SSSR count). The van der Waals surface area contributed by atoms with Crippen molar-refractivity contribution in [3.63, 3.8) is 0 Å². The average Bonchev–Trinajstić information content (AvgIpc) is 3.70. The second kappa shape index (κ2) is 10.7. The van der Waals surface area contributed by atoms with Gasteiger partial charge in [-0.05, 0) is 108 Å². The predicted octanol–water partition coefficient (Wildman–Crippen LogP) is 11.5. The fraction of sp³-hybridized carbons (Fsp3) is 0.208. The van der Waals surface area contributed by atoms with Crippen molar-refractivity contribution >= 4 is 79.8 Å². The molecular formula is C53H47BN2Si. The average molecular weight is 751 g/mol. The third-order valence-corrected chi connectivity index (χ3v) is 15.6. The molecule has 0 fully saturated rings.